The molecule has 0 spiro atoms. The molecule has 1 aliphatic heterocycles. The molecule has 1 heterocycles. The largest absolute Gasteiger partial charge is 0.459 e. The molecule has 1 amide bonds. The average molecular weight is 455 g/mol. The van der Waals surface area contributed by atoms with E-state index in [0.29, 0.717) is 37.2 Å². The van der Waals surface area contributed by atoms with Gasteiger partial charge in [-0.1, -0.05) is 40.6 Å². The molecule has 0 bridgehead atoms. The van der Waals surface area contributed by atoms with Crippen molar-refractivity contribution in [3.63, 3.8) is 0 Å². The third kappa shape index (κ3) is 8.19. The molecule has 2 rings (SSSR count). The Labute approximate surface area is 198 Å². The van der Waals surface area contributed by atoms with E-state index in [1.165, 1.54) is 0 Å². The number of rotatable bonds is 5. The van der Waals surface area contributed by atoms with Crippen LogP contribution in [0.3, 0.4) is 0 Å². The number of oxime groups is 1. The standard InChI is InChI=1S/C27H38N2O4/c1-7-29(8-2)25(30)18-32-28-24-16-19(3)12-10-9-11-13-22(6)33-27(31)26-21(5)14-20(4)15-23(26)17-24/h9,11,14-16,22H,7-8,10,12-13,17-18H2,1-6H3/b11-9+,19-16+,28-24-/t22-/m1/s1. The van der Waals surface area contributed by atoms with Gasteiger partial charge in [0, 0.05) is 25.9 Å². The van der Waals surface area contributed by atoms with Crippen LogP contribution in [0.5, 0.6) is 0 Å². The van der Waals surface area contributed by atoms with Crippen molar-refractivity contribution in [2.75, 3.05) is 19.7 Å². The van der Waals surface area contributed by atoms with E-state index in [-0.39, 0.29) is 24.6 Å². The molecular weight excluding hydrogens is 416 g/mol. The zero-order chi connectivity index (χ0) is 24.4. The fourth-order valence-corrected chi connectivity index (χ4v) is 3.99. The molecule has 1 aromatic rings. The Bertz CT molecular complexity index is 926. The predicted octanol–water partition coefficient (Wildman–Crippen LogP) is 5.32. The number of ether oxygens (including phenoxy) is 1. The molecule has 0 aromatic heterocycles. The minimum Gasteiger partial charge on any atom is -0.459 e. The zero-order valence-corrected chi connectivity index (χ0v) is 20.9. The molecule has 6 nitrogen and oxygen atoms in total. The van der Waals surface area contributed by atoms with Crippen LogP contribution in [0.2, 0.25) is 0 Å². The van der Waals surface area contributed by atoms with Crippen molar-refractivity contribution < 1.29 is 19.2 Å². The lowest BCUT2D eigenvalue weighted by molar-refractivity contribution is -0.135. The second-order valence-corrected chi connectivity index (χ2v) is 8.67. The van der Waals surface area contributed by atoms with Gasteiger partial charge in [-0.3, -0.25) is 4.79 Å². The number of carbonyl (C=O) groups is 2. The molecule has 1 atom stereocenters. The van der Waals surface area contributed by atoms with E-state index in [1.807, 2.05) is 52.8 Å². The Balaban J connectivity index is 2.41. The molecule has 0 saturated carbocycles. The maximum absolute atomic E-state index is 13.1. The third-order valence-electron chi connectivity index (χ3n) is 5.68. The number of likely N-dealkylation sites (N-methyl/N-ethyl adjacent to an activating group) is 1. The van der Waals surface area contributed by atoms with Crippen molar-refractivity contribution in [2.45, 2.75) is 73.3 Å². The summed E-state index contributed by atoms with van der Waals surface area (Å²) < 4.78 is 5.74. The smallest absolute Gasteiger partial charge is 0.338 e. The first-order chi connectivity index (χ1) is 15.7. The quantitative estimate of drug-likeness (QED) is 0.343. The lowest BCUT2D eigenvalue weighted by atomic mass is 9.94. The number of cyclic esters (lactones) is 1. The molecule has 0 fully saturated rings. The summed E-state index contributed by atoms with van der Waals surface area (Å²) in [4.78, 5) is 32.5. The number of nitrogens with zero attached hydrogens (tertiary/aromatic N) is 2. The first-order valence-corrected chi connectivity index (χ1v) is 11.8. The molecule has 1 aromatic carbocycles. The maximum Gasteiger partial charge on any atom is 0.338 e. The molecule has 0 saturated heterocycles. The zero-order valence-electron chi connectivity index (χ0n) is 20.9. The van der Waals surface area contributed by atoms with Crippen molar-refractivity contribution in [3.05, 3.63) is 58.2 Å². The summed E-state index contributed by atoms with van der Waals surface area (Å²) in [7, 11) is 0. The number of hydrogen-bond acceptors (Lipinski definition) is 5. The second kappa shape index (κ2) is 13.0. The summed E-state index contributed by atoms with van der Waals surface area (Å²) in [5.74, 6) is -0.418. The molecule has 0 N–H and O–H groups in total. The van der Waals surface area contributed by atoms with Gasteiger partial charge in [0.1, 0.15) is 6.10 Å². The summed E-state index contributed by atoms with van der Waals surface area (Å²) in [5, 5.41) is 4.32. The van der Waals surface area contributed by atoms with E-state index in [0.717, 1.165) is 35.1 Å². The summed E-state index contributed by atoms with van der Waals surface area (Å²) in [6.45, 7) is 12.9. The van der Waals surface area contributed by atoms with Gasteiger partial charge in [0.05, 0.1) is 11.3 Å². The SMILES string of the molecule is CCN(CC)C(=O)CO/N=C1/C=C(\C)CC/C=C/C[C@@H](C)OC(=O)c2c(C)cc(C)cc2C1. The minimum absolute atomic E-state index is 0.0965. The van der Waals surface area contributed by atoms with Crippen LogP contribution in [-0.2, 0) is 20.8 Å². The summed E-state index contributed by atoms with van der Waals surface area (Å²) in [6.07, 6.45) is 8.86. The van der Waals surface area contributed by atoms with Gasteiger partial charge in [0.25, 0.3) is 5.91 Å². The number of aryl methyl sites for hydroxylation is 2. The van der Waals surface area contributed by atoms with Gasteiger partial charge in [0.2, 0.25) is 0 Å². The number of allylic oxidation sites excluding steroid dienone is 3. The summed E-state index contributed by atoms with van der Waals surface area (Å²) in [6, 6.07) is 3.99. The van der Waals surface area contributed by atoms with Crippen LogP contribution in [0.4, 0.5) is 0 Å². The Morgan fingerprint density at radius 1 is 1.18 bits per heavy atom. The van der Waals surface area contributed by atoms with Crippen molar-refractivity contribution in [3.8, 4) is 0 Å². The first kappa shape index (κ1) is 26.4. The molecule has 0 aliphatic carbocycles. The monoisotopic (exact) mass is 454 g/mol. The van der Waals surface area contributed by atoms with Gasteiger partial charge in [0.15, 0.2) is 6.61 Å². The lowest BCUT2D eigenvalue weighted by Gasteiger charge is -2.18. The van der Waals surface area contributed by atoms with Crippen LogP contribution in [0, 0.1) is 13.8 Å². The van der Waals surface area contributed by atoms with Crippen molar-refractivity contribution >= 4 is 17.6 Å². The highest BCUT2D eigenvalue weighted by Crippen LogP contribution is 2.22. The highest BCUT2D eigenvalue weighted by Gasteiger charge is 2.20. The van der Waals surface area contributed by atoms with Gasteiger partial charge in [-0.05, 0) is 71.6 Å². The van der Waals surface area contributed by atoms with E-state index in [2.05, 4.69) is 24.2 Å². The lowest BCUT2D eigenvalue weighted by Crippen LogP contribution is -2.33. The summed E-state index contributed by atoms with van der Waals surface area (Å²) in [5.41, 5.74) is 5.20. The second-order valence-electron chi connectivity index (χ2n) is 8.67. The van der Waals surface area contributed by atoms with E-state index in [4.69, 9.17) is 9.57 Å². The molecular formula is C27H38N2O4. The maximum atomic E-state index is 13.1. The van der Waals surface area contributed by atoms with Gasteiger partial charge in [-0.25, -0.2) is 4.79 Å². The van der Waals surface area contributed by atoms with Crippen molar-refractivity contribution in [1.82, 2.24) is 4.90 Å². The number of carbonyl (C=O) groups excluding carboxylic acids is 2. The van der Waals surface area contributed by atoms with Crippen LogP contribution in [0.1, 0.15) is 74.0 Å². The van der Waals surface area contributed by atoms with Gasteiger partial charge < -0.3 is 14.5 Å². The van der Waals surface area contributed by atoms with E-state index < -0.39 is 0 Å². The van der Waals surface area contributed by atoms with Crippen LogP contribution in [0.25, 0.3) is 0 Å². The van der Waals surface area contributed by atoms with Crippen molar-refractivity contribution in [2.24, 2.45) is 5.16 Å². The highest BCUT2D eigenvalue weighted by molar-refractivity contribution is 6.00. The van der Waals surface area contributed by atoms with E-state index in [9.17, 15) is 9.59 Å². The number of benzene rings is 1. The topological polar surface area (TPSA) is 68.2 Å². The first-order valence-electron chi connectivity index (χ1n) is 11.8. The molecule has 0 unspecified atom stereocenters. The van der Waals surface area contributed by atoms with Gasteiger partial charge in [-0.15, -0.1) is 0 Å². The van der Waals surface area contributed by atoms with Crippen LogP contribution in [0.15, 0.2) is 41.1 Å². The van der Waals surface area contributed by atoms with Gasteiger partial charge >= 0.3 is 5.97 Å². The van der Waals surface area contributed by atoms with Gasteiger partial charge in [-0.2, -0.15) is 0 Å². The van der Waals surface area contributed by atoms with E-state index >= 15 is 0 Å². The van der Waals surface area contributed by atoms with Crippen molar-refractivity contribution in [1.29, 1.82) is 0 Å². The minimum atomic E-state index is -0.321. The molecule has 180 valence electrons. The van der Waals surface area contributed by atoms with E-state index in [1.54, 1.807) is 4.90 Å². The Kier molecular flexibility index (Phi) is 10.4. The molecule has 6 heteroatoms. The Morgan fingerprint density at radius 2 is 1.91 bits per heavy atom. The fourth-order valence-electron chi connectivity index (χ4n) is 3.99. The predicted molar refractivity (Wildman–Crippen MR) is 133 cm³/mol. The molecule has 33 heavy (non-hydrogen) atoms. The number of amides is 1. The Morgan fingerprint density at radius 3 is 2.61 bits per heavy atom. The molecule has 0 radical (unpaired) electrons. The average Bonchev–Trinajstić information content (AvgIpc) is 2.73. The number of esters is 1. The fraction of sp³-hybridized carbons (Fsp3) is 0.519. The van der Waals surface area contributed by atoms with Crippen LogP contribution < -0.4 is 0 Å². The summed E-state index contributed by atoms with van der Waals surface area (Å²) >= 11 is 0. The normalized spacial score (nSPS) is 21.3. The highest BCUT2D eigenvalue weighted by atomic mass is 16.6. The number of hydrogen-bond donors (Lipinski definition) is 0. The van der Waals surface area contributed by atoms with Crippen LogP contribution in [-0.4, -0.2) is 48.3 Å². The molecule has 1 aliphatic rings. The Hall–Kier alpha value is -2.89. The number of fused-ring (bicyclic) bond motifs is 1. The third-order valence-corrected chi connectivity index (χ3v) is 5.68. The van der Waals surface area contributed by atoms with Crippen LogP contribution >= 0.6 is 0 Å².